The lowest BCUT2D eigenvalue weighted by atomic mass is 9.87. The summed E-state index contributed by atoms with van der Waals surface area (Å²) in [4.78, 5) is 75.4. The second kappa shape index (κ2) is 24.7. The van der Waals surface area contributed by atoms with Crippen molar-refractivity contribution in [1.29, 1.82) is 0 Å². The second-order valence-electron chi connectivity index (χ2n) is 18.5. The monoisotopic (exact) mass is 998 g/mol. The maximum Gasteiger partial charge on any atom is 0.445 e. The molecule has 2 saturated heterocycles. The van der Waals surface area contributed by atoms with Gasteiger partial charge in [0.1, 0.15) is 11.2 Å². The number of Topliss-reactive ketones (excluding diaryl/α,β-unsaturated/α-hetero) is 2. The number of aliphatic carboxylic acids is 1. The van der Waals surface area contributed by atoms with E-state index >= 15 is 0 Å². The highest BCUT2D eigenvalue weighted by Crippen LogP contribution is 2.34. The summed E-state index contributed by atoms with van der Waals surface area (Å²) in [5.74, 6) is -1.66. The first-order chi connectivity index (χ1) is 30.6. The van der Waals surface area contributed by atoms with Crippen LogP contribution in [0.15, 0.2) is 24.3 Å². The lowest BCUT2D eigenvalue weighted by Gasteiger charge is -2.40. The summed E-state index contributed by atoms with van der Waals surface area (Å²) in [5.41, 5.74) is 3.67. The van der Waals surface area contributed by atoms with Crippen molar-refractivity contribution < 1.29 is 69.7 Å². The molecule has 0 aromatic carbocycles. The molecule has 4 heterocycles. The summed E-state index contributed by atoms with van der Waals surface area (Å²) in [5, 5.41) is 20.6. The van der Waals surface area contributed by atoms with Gasteiger partial charge >= 0.3 is 30.5 Å². The standard InChI is InChI=1S/C21H29F3N4O4S.C18H29NO5.C3H2F3N3S/c1-12(2)10-13(6-7-16(30)25-18-27-26-17(33-18)21(22,23)24)11-15(29)14-8-9-28(14)19(31)32-20(3,4)5;1-12(2)10-13(6-7-16(21)22)11-15(20)14-8-9-19(14)17(23)24-18(3,4)5;4-3(5,6)1-8-9-2(7)10-1/h6-7,12-14H,8-11H2,1-5H3,(H,25,27,30);6-7,12-14H,8-11H2,1-5H3,(H,21,22);(H2,7,9)/b2*7-6+;/t2*13-,14+;/m11./s1. The van der Waals surface area contributed by atoms with Gasteiger partial charge < -0.3 is 20.3 Å². The molecule has 3 amide bonds. The fourth-order valence-corrected chi connectivity index (χ4v) is 7.40. The summed E-state index contributed by atoms with van der Waals surface area (Å²) in [6.45, 7) is 19.6. The molecule has 17 nitrogen and oxygen atoms in total. The van der Waals surface area contributed by atoms with Crippen LogP contribution in [0.4, 0.5) is 46.2 Å². The van der Waals surface area contributed by atoms with E-state index in [1.807, 2.05) is 27.7 Å². The Bertz CT molecular complexity index is 2060. The molecule has 67 heavy (non-hydrogen) atoms. The zero-order valence-electron chi connectivity index (χ0n) is 39.0. The highest BCUT2D eigenvalue weighted by Gasteiger charge is 2.42. The summed E-state index contributed by atoms with van der Waals surface area (Å²) >= 11 is 0.554. The molecule has 4 atom stereocenters. The van der Waals surface area contributed by atoms with E-state index in [9.17, 15) is 55.1 Å². The Balaban J connectivity index is 0.000000393. The van der Waals surface area contributed by atoms with Gasteiger partial charge in [-0.05, 0) is 97.0 Å². The predicted octanol–water partition coefficient (Wildman–Crippen LogP) is 9.08. The highest BCUT2D eigenvalue weighted by molar-refractivity contribution is 7.15. The summed E-state index contributed by atoms with van der Waals surface area (Å²) in [6, 6.07) is -1.01. The molecule has 0 aliphatic carbocycles. The molecule has 2 aliphatic heterocycles. The maximum atomic E-state index is 12.8. The van der Waals surface area contributed by atoms with Gasteiger partial charge in [-0.15, -0.1) is 20.4 Å². The fourth-order valence-electron chi connectivity index (χ4n) is 6.31. The number of hydrogen-bond donors (Lipinski definition) is 3. The second-order valence-corrected chi connectivity index (χ2v) is 20.5. The number of amides is 3. The van der Waals surface area contributed by atoms with Gasteiger partial charge in [0.25, 0.3) is 0 Å². The van der Waals surface area contributed by atoms with Crippen molar-refractivity contribution in [2.45, 2.75) is 143 Å². The molecular weight excluding hydrogens is 939 g/mol. The number of nitrogen functional groups attached to an aromatic ring is 1. The van der Waals surface area contributed by atoms with Gasteiger partial charge in [-0.3, -0.25) is 29.5 Å². The normalized spacial score (nSPS) is 17.4. The molecule has 376 valence electrons. The Labute approximate surface area is 392 Å². The molecule has 2 fully saturated rings. The molecule has 2 aromatic heterocycles. The van der Waals surface area contributed by atoms with Crippen molar-refractivity contribution >= 4 is 68.6 Å². The van der Waals surface area contributed by atoms with Crippen LogP contribution in [0.2, 0.25) is 0 Å². The quantitative estimate of drug-likeness (QED) is 0.111. The van der Waals surface area contributed by atoms with E-state index in [4.69, 9.17) is 20.3 Å². The number of nitrogens with zero attached hydrogens (tertiary/aromatic N) is 6. The number of aromatic nitrogens is 4. The number of rotatable bonds is 15. The van der Waals surface area contributed by atoms with Gasteiger partial charge in [0.05, 0.1) is 12.1 Å². The number of alkyl halides is 6. The average Bonchev–Trinajstić information content (AvgIpc) is 3.76. The van der Waals surface area contributed by atoms with E-state index in [1.54, 1.807) is 53.7 Å². The lowest BCUT2D eigenvalue weighted by Crippen LogP contribution is -2.56. The Morgan fingerprint density at radius 3 is 1.40 bits per heavy atom. The van der Waals surface area contributed by atoms with Crippen LogP contribution in [0.5, 0.6) is 0 Å². The minimum Gasteiger partial charge on any atom is -0.478 e. The molecule has 4 rings (SSSR count). The van der Waals surface area contributed by atoms with Gasteiger partial charge in [-0.25, -0.2) is 14.4 Å². The van der Waals surface area contributed by atoms with Crippen LogP contribution in [-0.2, 0) is 41.0 Å². The third kappa shape index (κ3) is 21.5. The number of ketones is 2. The first-order valence-corrected chi connectivity index (χ1v) is 22.8. The molecule has 2 aliphatic rings. The molecule has 0 bridgehead atoms. The summed E-state index contributed by atoms with van der Waals surface area (Å²) < 4.78 is 83.4. The van der Waals surface area contributed by atoms with Gasteiger partial charge in [0.15, 0.2) is 11.6 Å². The first kappa shape index (κ1) is 57.9. The zero-order chi connectivity index (χ0) is 51.2. The average molecular weight is 999 g/mol. The van der Waals surface area contributed by atoms with E-state index in [-0.39, 0.29) is 63.8 Å². The third-order valence-electron chi connectivity index (χ3n) is 9.13. The van der Waals surface area contributed by atoms with Crippen LogP contribution in [0.25, 0.3) is 0 Å². The molecule has 25 heteroatoms. The number of carbonyl (C=O) groups is 6. The smallest absolute Gasteiger partial charge is 0.445 e. The van der Waals surface area contributed by atoms with Crippen molar-refractivity contribution in [3.05, 3.63) is 34.3 Å². The minimum atomic E-state index is -4.63. The van der Waals surface area contributed by atoms with Crippen LogP contribution < -0.4 is 11.1 Å². The number of halogens is 6. The third-order valence-corrected chi connectivity index (χ3v) is 10.8. The number of carboxylic acid groups (broad SMARTS) is 1. The molecule has 0 spiro atoms. The number of anilines is 2. The number of nitrogens with one attached hydrogen (secondary N) is 1. The van der Waals surface area contributed by atoms with Crippen LogP contribution >= 0.6 is 22.7 Å². The Hall–Kier alpha value is -5.20. The molecule has 4 N–H and O–H groups in total. The Morgan fingerprint density at radius 2 is 1.10 bits per heavy atom. The maximum absolute atomic E-state index is 12.8. The number of carbonyl (C=O) groups excluding carboxylic acids is 5. The van der Waals surface area contributed by atoms with Crippen molar-refractivity contribution in [3.63, 3.8) is 0 Å². The number of hydrogen-bond acceptors (Lipinski definition) is 15. The summed E-state index contributed by atoms with van der Waals surface area (Å²) in [7, 11) is 0. The van der Waals surface area contributed by atoms with Crippen LogP contribution in [0, 0.1) is 23.7 Å². The van der Waals surface area contributed by atoms with E-state index in [1.165, 1.54) is 15.9 Å². The predicted molar refractivity (Wildman–Crippen MR) is 237 cm³/mol. The molecule has 0 radical (unpaired) electrons. The minimum absolute atomic E-state index is 0.0344. The molecular formula is C42H60F6N8O9S2. The van der Waals surface area contributed by atoms with E-state index in [0.29, 0.717) is 49.6 Å². The lowest BCUT2D eigenvalue weighted by molar-refractivity contribution is -0.138. The highest BCUT2D eigenvalue weighted by atomic mass is 32.1. The number of allylic oxidation sites excluding steroid dienone is 2. The number of carboxylic acids is 1. The van der Waals surface area contributed by atoms with Crippen molar-refractivity contribution in [3.8, 4) is 0 Å². The molecule has 0 saturated carbocycles. The van der Waals surface area contributed by atoms with Crippen LogP contribution in [0.3, 0.4) is 0 Å². The fraction of sp³-hybridized carbons (Fsp3) is 0.667. The SMILES string of the molecule is CC(C)C[C@@H](/C=C/C(=O)Nc1nnc(C(F)(F)F)s1)CC(=O)[C@@H]1CCN1C(=O)OC(C)(C)C.CC(C)C[C@@H](/C=C/C(=O)O)CC(=O)[C@@H]1CCN1C(=O)OC(C)(C)C.Nc1nnc(C(F)(F)F)s1. The van der Waals surface area contributed by atoms with Crippen LogP contribution in [0.1, 0.15) is 118 Å². The molecule has 2 aromatic rings. The van der Waals surface area contributed by atoms with Gasteiger partial charge in [-0.2, -0.15) is 26.3 Å². The number of ether oxygens (including phenoxy) is 2. The first-order valence-electron chi connectivity index (χ1n) is 21.2. The van der Waals surface area contributed by atoms with Gasteiger partial charge in [-0.1, -0.05) is 62.5 Å². The molecule has 0 unspecified atom stereocenters. The summed E-state index contributed by atoms with van der Waals surface area (Å²) in [6.07, 6.45) is -1.73. The van der Waals surface area contributed by atoms with Crippen LogP contribution in [-0.4, -0.2) is 107 Å². The zero-order valence-corrected chi connectivity index (χ0v) is 40.6. The van der Waals surface area contributed by atoms with Gasteiger partial charge in [0, 0.05) is 32.0 Å². The van der Waals surface area contributed by atoms with Gasteiger partial charge in [0.2, 0.25) is 26.2 Å². The van der Waals surface area contributed by atoms with Crippen molar-refractivity contribution in [2.75, 3.05) is 24.1 Å². The Morgan fingerprint density at radius 1 is 0.701 bits per heavy atom. The number of nitrogens with two attached hydrogens (primary N) is 1. The number of likely N-dealkylation sites (tertiary alicyclic amines) is 2. The Kier molecular flexibility index (Phi) is 21.4. The van der Waals surface area contributed by atoms with E-state index in [0.717, 1.165) is 12.5 Å². The van der Waals surface area contributed by atoms with E-state index < -0.39 is 69.7 Å². The van der Waals surface area contributed by atoms with Crippen molar-refractivity contribution in [1.82, 2.24) is 30.2 Å². The van der Waals surface area contributed by atoms with E-state index in [2.05, 4.69) is 25.7 Å². The largest absolute Gasteiger partial charge is 0.478 e. The van der Waals surface area contributed by atoms with Crippen molar-refractivity contribution in [2.24, 2.45) is 23.7 Å². The topological polar surface area (TPSA) is 237 Å².